The van der Waals surface area contributed by atoms with Crippen molar-refractivity contribution in [3.63, 3.8) is 0 Å². The molecule has 128 valence electrons. The van der Waals surface area contributed by atoms with Gasteiger partial charge in [-0.25, -0.2) is 9.97 Å². The van der Waals surface area contributed by atoms with E-state index >= 15 is 0 Å². The van der Waals surface area contributed by atoms with Gasteiger partial charge in [0.1, 0.15) is 17.0 Å². The molecule has 24 heavy (non-hydrogen) atoms. The highest BCUT2D eigenvalue weighted by atomic mass is 32.1. The third-order valence-electron chi connectivity index (χ3n) is 5.35. The predicted octanol–water partition coefficient (Wildman–Crippen LogP) is 2.06. The van der Waals surface area contributed by atoms with Gasteiger partial charge in [0, 0.05) is 27.1 Å². The van der Waals surface area contributed by atoms with Crippen LogP contribution in [-0.4, -0.2) is 48.2 Å². The fourth-order valence-corrected chi connectivity index (χ4v) is 5.02. The van der Waals surface area contributed by atoms with E-state index in [1.165, 1.54) is 0 Å². The molecule has 0 bridgehead atoms. The number of nitrogens with zero attached hydrogens (tertiary/aromatic N) is 3. The maximum Gasteiger partial charge on any atom is 0.217 e. The highest BCUT2D eigenvalue weighted by Gasteiger charge is 2.43. The molecular weight excluding hydrogens is 324 g/mol. The lowest BCUT2D eigenvalue weighted by atomic mass is 9.77. The van der Waals surface area contributed by atoms with Gasteiger partial charge in [0.15, 0.2) is 0 Å². The van der Waals surface area contributed by atoms with Crippen LogP contribution in [0.5, 0.6) is 0 Å². The number of rotatable bonds is 3. The molecule has 0 unspecified atom stereocenters. The van der Waals surface area contributed by atoms with Gasteiger partial charge in [-0.2, -0.15) is 0 Å². The van der Waals surface area contributed by atoms with Gasteiger partial charge >= 0.3 is 0 Å². The summed E-state index contributed by atoms with van der Waals surface area (Å²) in [4.78, 5) is 23.8. The first-order valence-corrected chi connectivity index (χ1v) is 9.26. The Balaban J connectivity index is 1.55. The zero-order valence-corrected chi connectivity index (χ0v) is 14.8. The summed E-state index contributed by atoms with van der Waals surface area (Å²) in [6.07, 6.45) is 3.72. The van der Waals surface area contributed by atoms with E-state index in [-0.39, 0.29) is 18.1 Å². The van der Waals surface area contributed by atoms with Crippen LogP contribution >= 0.6 is 11.3 Å². The minimum Gasteiger partial charge on any atom is -0.379 e. The highest BCUT2D eigenvalue weighted by molar-refractivity contribution is 7.16. The van der Waals surface area contributed by atoms with Crippen LogP contribution in [0.1, 0.15) is 19.8 Å². The summed E-state index contributed by atoms with van der Waals surface area (Å²) in [6.45, 7) is 3.56. The minimum absolute atomic E-state index is 0.0196. The average Bonchev–Trinajstić information content (AvgIpc) is 3.19. The van der Waals surface area contributed by atoms with Crippen molar-refractivity contribution in [2.75, 3.05) is 25.1 Å². The molecule has 0 radical (unpaired) electrons. The highest BCUT2D eigenvalue weighted by Crippen LogP contribution is 2.40. The van der Waals surface area contributed by atoms with Crippen molar-refractivity contribution >= 4 is 33.3 Å². The van der Waals surface area contributed by atoms with E-state index in [1.54, 1.807) is 31.7 Å². The Kier molecular flexibility index (Phi) is 4.14. The van der Waals surface area contributed by atoms with Gasteiger partial charge in [0.2, 0.25) is 5.91 Å². The largest absolute Gasteiger partial charge is 0.379 e. The van der Waals surface area contributed by atoms with Crippen LogP contribution in [-0.2, 0) is 9.53 Å². The summed E-state index contributed by atoms with van der Waals surface area (Å²) in [5.41, 5.74) is 0. The molecule has 4 atom stereocenters. The molecule has 6 nitrogen and oxygen atoms in total. The fourth-order valence-electron chi connectivity index (χ4n) is 4.29. The number of amides is 1. The number of aromatic nitrogens is 2. The monoisotopic (exact) mass is 346 g/mol. The molecule has 1 amide bonds. The summed E-state index contributed by atoms with van der Waals surface area (Å²) < 4.78 is 5.65. The Morgan fingerprint density at radius 2 is 2.12 bits per heavy atom. The number of nitrogens with one attached hydrogen (secondary N) is 1. The van der Waals surface area contributed by atoms with Crippen molar-refractivity contribution in [1.82, 2.24) is 15.3 Å². The second-order valence-electron chi connectivity index (χ2n) is 6.81. The number of thiophene rings is 1. The number of methoxy groups -OCH3 is 1. The van der Waals surface area contributed by atoms with Crippen LogP contribution in [0.15, 0.2) is 17.8 Å². The van der Waals surface area contributed by atoms with Gasteiger partial charge in [-0.3, -0.25) is 4.79 Å². The molecule has 1 saturated carbocycles. The number of ether oxygens (including phenoxy) is 1. The standard InChI is InChI=1S/C17H22N4O2S/c1-10(22)20-14-5-11-7-21(8-12(11)6-15(14)23-2)16-13-3-4-24-17(13)19-9-18-16/h3-4,9,11-12,14-15H,5-8H2,1-2H3,(H,20,22)/t11-,12+,14-,15-/m1/s1. The van der Waals surface area contributed by atoms with Crippen molar-refractivity contribution in [3.05, 3.63) is 17.8 Å². The summed E-state index contributed by atoms with van der Waals surface area (Å²) >= 11 is 1.65. The van der Waals surface area contributed by atoms with Gasteiger partial charge < -0.3 is 15.0 Å². The quantitative estimate of drug-likeness (QED) is 0.921. The van der Waals surface area contributed by atoms with Crippen LogP contribution in [0.2, 0.25) is 0 Å². The maximum absolute atomic E-state index is 11.5. The Bertz CT molecular complexity index is 749. The second-order valence-corrected chi connectivity index (χ2v) is 7.71. The summed E-state index contributed by atoms with van der Waals surface area (Å²) in [5, 5.41) is 6.28. The third kappa shape index (κ3) is 2.75. The molecule has 2 aromatic rings. The van der Waals surface area contributed by atoms with Crippen molar-refractivity contribution in [1.29, 1.82) is 0 Å². The normalized spacial score (nSPS) is 29.7. The lowest BCUT2D eigenvalue weighted by Gasteiger charge is -2.37. The van der Waals surface area contributed by atoms with E-state index in [2.05, 4.69) is 31.6 Å². The van der Waals surface area contributed by atoms with Crippen LogP contribution in [0.4, 0.5) is 5.82 Å². The summed E-state index contributed by atoms with van der Waals surface area (Å²) in [7, 11) is 1.74. The van der Waals surface area contributed by atoms with E-state index < -0.39 is 0 Å². The Labute approximate surface area is 145 Å². The van der Waals surface area contributed by atoms with Crippen LogP contribution in [0.3, 0.4) is 0 Å². The Hall–Kier alpha value is -1.73. The van der Waals surface area contributed by atoms with Crippen LogP contribution in [0.25, 0.3) is 10.2 Å². The summed E-state index contributed by atoms with van der Waals surface area (Å²) in [6, 6.07) is 2.22. The molecule has 3 heterocycles. The van der Waals surface area contributed by atoms with E-state index in [4.69, 9.17) is 4.74 Å². The summed E-state index contributed by atoms with van der Waals surface area (Å²) in [5.74, 6) is 2.22. The number of anilines is 1. The second kappa shape index (κ2) is 6.29. The van der Waals surface area contributed by atoms with Crippen LogP contribution in [0, 0.1) is 11.8 Å². The van der Waals surface area contributed by atoms with Crippen molar-refractivity contribution in [2.24, 2.45) is 11.8 Å². The zero-order chi connectivity index (χ0) is 16.7. The SMILES string of the molecule is CO[C@@H]1C[C@H]2CN(c3ncnc4sccc34)C[C@H]2C[C@H]1NC(C)=O. The molecule has 2 aliphatic rings. The lowest BCUT2D eigenvalue weighted by molar-refractivity contribution is -0.121. The van der Waals surface area contributed by atoms with Crippen molar-refractivity contribution in [3.8, 4) is 0 Å². The smallest absolute Gasteiger partial charge is 0.217 e. The molecule has 0 spiro atoms. The molecule has 4 rings (SSSR count). The molecule has 2 fully saturated rings. The molecule has 0 aromatic carbocycles. The topological polar surface area (TPSA) is 67.3 Å². The van der Waals surface area contributed by atoms with Gasteiger partial charge in [-0.05, 0) is 36.1 Å². The number of fused-ring (bicyclic) bond motifs is 2. The first-order valence-electron chi connectivity index (χ1n) is 8.38. The molecule has 7 heteroatoms. The molecule has 1 saturated heterocycles. The fraction of sp³-hybridized carbons (Fsp3) is 0.588. The average molecular weight is 346 g/mol. The van der Waals surface area contributed by atoms with Gasteiger partial charge in [0.25, 0.3) is 0 Å². The third-order valence-corrected chi connectivity index (χ3v) is 6.17. The molecule has 1 N–H and O–H groups in total. The maximum atomic E-state index is 11.5. The number of carbonyl (C=O) groups is 1. The Morgan fingerprint density at radius 1 is 1.33 bits per heavy atom. The molecule has 1 aliphatic heterocycles. The van der Waals surface area contributed by atoms with Gasteiger partial charge in [-0.1, -0.05) is 0 Å². The van der Waals surface area contributed by atoms with E-state index in [0.717, 1.165) is 42.0 Å². The van der Waals surface area contributed by atoms with Crippen LogP contribution < -0.4 is 10.2 Å². The van der Waals surface area contributed by atoms with Gasteiger partial charge in [0.05, 0.1) is 17.5 Å². The predicted molar refractivity (Wildman–Crippen MR) is 94.2 cm³/mol. The van der Waals surface area contributed by atoms with Gasteiger partial charge in [-0.15, -0.1) is 11.3 Å². The molecular formula is C17H22N4O2S. The molecule has 1 aliphatic carbocycles. The molecule has 2 aromatic heterocycles. The number of hydrogen-bond donors (Lipinski definition) is 1. The van der Waals surface area contributed by atoms with E-state index in [0.29, 0.717) is 11.8 Å². The van der Waals surface area contributed by atoms with Crippen molar-refractivity contribution in [2.45, 2.75) is 31.9 Å². The first-order chi connectivity index (χ1) is 11.7. The van der Waals surface area contributed by atoms with E-state index in [1.807, 2.05) is 0 Å². The number of hydrogen-bond acceptors (Lipinski definition) is 6. The first kappa shape index (κ1) is 15.8. The zero-order valence-electron chi connectivity index (χ0n) is 13.9. The lowest BCUT2D eigenvalue weighted by Crippen LogP contribution is -2.49. The van der Waals surface area contributed by atoms with E-state index in [9.17, 15) is 4.79 Å². The van der Waals surface area contributed by atoms with Crippen molar-refractivity contribution < 1.29 is 9.53 Å². The Morgan fingerprint density at radius 3 is 2.88 bits per heavy atom. The minimum atomic E-state index is 0.0196. The number of carbonyl (C=O) groups excluding carboxylic acids is 1.